The summed E-state index contributed by atoms with van der Waals surface area (Å²) in [6.07, 6.45) is 2.10. The van der Waals surface area contributed by atoms with Gasteiger partial charge >= 0.3 is 0 Å². The van der Waals surface area contributed by atoms with Crippen LogP contribution in [-0.2, 0) is 0 Å². The zero-order chi connectivity index (χ0) is 14.1. The number of hydrogen-bond acceptors (Lipinski definition) is 3. The van der Waals surface area contributed by atoms with Crippen LogP contribution >= 0.6 is 11.6 Å². The van der Waals surface area contributed by atoms with Gasteiger partial charge in [0.05, 0.1) is 10.7 Å². The van der Waals surface area contributed by atoms with Gasteiger partial charge in [0.1, 0.15) is 5.82 Å². The fourth-order valence-electron chi connectivity index (χ4n) is 2.40. The number of aromatic nitrogens is 2. The summed E-state index contributed by atoms with van der Waals surface area (Å²) in [5.41, 5.74) is 6.99. The Kier molecular flexibility index (Phi) is 3.36. The minimum atomic E-state index is -0.0694. The summed E-state index contributed by atoms with van der Waals surface area (Å²) in [5, 5.41) is 4.85. The van der Waals surface area contributed by atoms with Gasteiger partial charge < -0.3 is 10.6 Å². The Labute approximate surface area is 121 Å². The van der Waals surface area contributed by atoms with Crippen LogP contribution in [0, 0.1) is 0 Å². The first-order chi connectivity index (χ1) is 9.66. The van der Waals surface area contributed by atoms with Gasteiger partial charge in [0.25, 0.3) is 5.91 Å². The van der Waals surface area contributed by atoms with Crippen molar-refractivity contribution in [2.75, 3.05) is 18.8 Å². The second-order valence-electron chi connectivity index (χ2n) is 4.82. The van der Waals surface area contributed by atoms with E-state index in [4.69, 9.17) is 17.3 Å². The van der Waals surface area contributed by atoms with E-state index in [2.05, 4.69) is 5.10 Å². The molecule has 1 fully saturated rings. The summed E-state index contributed by atoms with van der Waals surface area (Å²) in [4.78, 5) is 14.1. The third-order valence-corrected chi connectivity index (χ3v) is 3.75. The molecule has 1 aliphatic heterocycles. The number of carbonyl (C=O) groups is 1. The molecule has 104 valence electrons. The second kappa shape index (κ2) is 5.17. The number of hydrogen-bond donors (Lipinski definition) is 1. The van der Waals surface area contributed by atoms with Crippen molar-refractivity contribution >= 4 is 23.3 Å². The van der Waals surface area contributed by atoms with Gasteiger partial charge in [0, 0.05) is 19.2 Å². The normalized spacial score (nSPS) is 14.8. The van der Waals surface area contributed by atoms with Gasteiger partial charge in [0.15, 0.2) is 5.69 Å². The Hall–Kier alpha value is -2.01. The van der Waals surface area contributed by atoms with Gasteiger partial charge in [0.2, 0.25) is 0 Å². The van der Waals surface area contributed by atoms with Crippen molar-refractivity contribution in [3.63, 3.8) is 0 Å². The molecule has 1 aliphatic rings. The van der Waals surface area contributed by atoms with Crippen molar-refractivity contribution in [2.45, 2.75) is 12.8 Å². The predicted octanol–water partition coefficient (Wildman–Crippen LogP) is 2.34. The lowest BCUT2D eigenvalue weighted by Gasteiger charge is -2.12. The van der Waals surface area contributed by atoms with Gasteiger partial charge in [-0.1, -0.05) is 23.7 Å². The maximum Gasteiger partial charge on any atom is 0.274 e. The number of likely N-dealkylation sites (tertiary alicyclic amines) is 1. The molecule has 1 aromatic carbocycles. The minimum absolute atomic E-state index is 0.0694. The molecule has 2 N–H and O–H groups in total. The van der Waals surface area contributed by atoms with Crippen LogP contribution in [0.2, 0.25) is 5.02 Å². The number of anilines is 1. The first-order valence-corrected chi connectivity index (χ1v) is 6.94. The Balaban J connectivity index is 1.95. The third-order valence-electron chi connectivity index (χ3n) is 3.43. The fraction of sp³-hybridized carbons (Fsp3) is 0.286. The van der Waals surface area contributed by atoms with Gasteiger partial charge in [-0.25, -0.2) is 4.68 Å². The molecule has 0 bridgehead atoms. The predicted molar refractivity (Wildman–Crippen MR) is 78.1 cm³/mol. The lowest BCUT2D eigenvalue weighted by atomic mass is 10.3. The fourth-order valence-corrected chi connectivity index (χ4v) is 2.61. The first kappa shape index (κ1) is 13.0. The van der Waals surface area contributed by atoms with E-state index in [1.54, 1.807) is 17.0 Å². The molecule has 1 aromatic heterocycles. The van der Waals surface area contributed by atoms with Gasteiger partial charge in [-0.15, -0.1) is 0 Å². The van der Waals surface area contributed by atoms with E-state index < -0.39 is 0 Å². The Morgan fingerprint density at radius 3 is 2.65 bits per heavy atom. The van der Waals surface area contributed by atoms with Crippen LogP contribution in [0.5, 0.6) is 0 Å². The maximum absolute atomic E-state index is 12.3. The number of halogens is 1. The molecule has 20 heavy (non-hydrogen) atoms. The molecule has 0 saturated carbocycles. The van der Waals surface area contributed by atoms with Crippen LogP contribution < -0.4 is 5.73 Å². The maximum atomic E-state index is 12.3. The van der Waals surface area contributed by atoms with Crippen molar-refractivity contribution in [3.05, 3.63) is 41.0 Å². The highest BCUT2D eigenvalue weighted by molar-refractivity contribution is 6.32. The second-order valence-corrected chi connectivity index (χ2v) is 5.22. The molecular weight excluding hydrogens is 276 g/mol. The molecule has 2 heterocycles. The zero-order valence-corrected chi connectivity index (χ0v) is 11.7. The van der Waals surface area contributed by atoms with Crippen LogP contribution in [0.3, 0.4) is 0 Å². The number of carbonyl (C=O) groups excluding carboxylic acids is 1. The van der Waals surface area contributed by atoms with Crippen LogP contribution in [0.25, 0.3) is 5.69 Å². The highest BCUT2D eigenvalue weighted by atomic mass is 35.5. The number of para-hydroxylation sites is 1. The van der Waals surface area contributed by atoms with Crippen LogP contribution in [-0.4, -0.2) is 33.7 Å². The molecule has 0 unspecified atom stereocenters. The van der Waals surface area contributed by atoms with E-state index in [9.17, 15) is 4.79 Å². The highest BCUT2D eigenvalue weighted by Crippen LogP contribution is 2.23. The molecule has 0 atom stereocenters. The van der Waals surface area contributed by atoms with E-state index in [1.807, 2.05) is 18.2 Å². The largest absolute Gasteiger partial charge is 0.384 e. The van der Waals surface area contributed by atoms with E-state index in [0.29, 0.717) is 22.2 Å². The van der Waals surface area contributed by atoms with Gasteiger partial charge in [-0.05, 0) is 25.0 Å². The van der Waals surface area contributed by atoms with E-state index in [0.717, 1.165) is 25.9 Å². The average Bonchev–Trinajstić information content (AvgIpc) is 3.08. The number of nitrogens with zero attached hydrogens (tertiary/aromatic N) is 3. The number of nitrogen functional groups attached to an aromatic ring is 1. The van der Waals surface area contributed by atoms with Crippen LogP contribution in [0.1, 0.15) is 23.3 Å². The lowest BCUT2D eigenvalue weighted by molar-refractivity contribution is 0.0786. The van der Waals surface area contributed by atoms with Crippen molar-refractivity contribution in [2.24, 2.45) is 0 Å². The molecule has 1 saturated heterocycles. The average molecular weight is 291 g/mol. The molecule has 0 radical (unpaired) electrons. The minimum Gasteiger partial charge on any atom is -0.384 e. The lowest BCUT2D eigenvalue weighted by Crippen LogP contribution is -2.28. The topological polar surface area (TPSA) is 64.2 Å². The summed E-state index contributed by atoms with van der Waals surface area (Å²) in [7, 11) is 0. The molecule has 3 rings (SSSR count). The van der Waals surface area contributed by atoms with Crippen molar-refractivity contribution < 1.29 is 4.79 Å². The van der Waals surface area contributed by atoms with E-state index in [-0.39, 0.29) is 5.91 Å². The smallest absolute Gasteiger partial charge is 0.274 e. The van der Waals surface area contributed by atoms with Gasteiger partial charge in [-0.3, -0.25) is 4.79 Å². The molecule has 0 aliphatic carbocycles. The summed E-state index contributed by atoms with van der Waals surface area (Å²) in [6.45, 7) is 1.58. The first-order valence-electron chi connectivity index (χ1n) is 6.56. The number of rotatable bonds is 2. The Bertz CT molecular complexity index is 646. The summed E-state index contributed by atoms with van der Waals surface area (Å²) >= 11 is 6.13. The molecule has 2 aromatic rings. The monoisotopic (exact) mass is 290 g/mol. The molecule has 0 spiro atoms. The van der Waals surface area contributed by atoms with Gasteiger partial charge in [-0.2, -0.15) is 5.10 Å². The molecule has 6 heteroatoms. The van der Waals surface area contributed by atoms with Crippen LogP contribution in [0.4, 0.5) is 5.82 Å². The number of benzene rings is 1. The number of nitrogens with two attached hydrogens (primary N) is 1. The summed E-state index contributed by atoms with van der Waals surface area (Å²) < 4.78 is 1.51. The molecule has 1 amide bonds. The number of amides is 1. The van der Waals surface area contributed by atoms with E-state index in [1.165, 1.54) is 4.68 Å². The SMILES string of the molecule is Nc1cc(C(=O)N2CCCC2)nn1-c1ccccc1Cl. The zero-order valence-electron chi connectivity index (χ0n) is 10.9. The highest BCUT2D eigenvalue weighted by Gasteiger charge is 2.23. The van der Waals surface area contributed by atoms with E-state index >= 15 is 0 Å². The third kappa shape index (κ3) is 2.25. The summed E-state index contributed by atoms with van der Waals surface area (Å²) in [6, 6.07) is 8.87. The van der Waals surface area contributed by atoms with Crippen molar-refractivity contribution in [3.8, 4) is 5.69 Å². The van der Waals surface area contributed by atoms with Crippen molar-refractivity contribution in [1.82, 2.24) is 14.7 Å². The Morgan fingerprint density at radius 1 is 1.25 bits per heavy atom. The molecule has 5 nitrogen and oxygen atoms in total. The quantitative estimate of drug-likeness (QED) is 0.923. The standard InChI is InChI=1S/C14H15ClN4O/c15-10-5-1-2-6-12(10)19-13(16)9-11(17-19)14(20)18-7-3-4-8-18/h1-2,5-6,9H,3-4,7-8,16H2. The summed E-state index contributed by atoms with van der Waals surface area (Å²) in [5.74, 6) is 0.334. The van der Waals surface area contributed by atoms with Crippen LogP contribution in [0.15, 0.2) is 30.3 Å². The Morgan fingerprint density at radius 2 is 1.95 bits per heavy atom. The van der Waals surface area contributed by atoms with Crippen molar-refractivity contribution in [1.29, 1.82) is 0 Å². The molecular formula is C14H15ClN4O.